The highest BCUT2D eigenvalue weighted by Gasteiger charge is 2.46. The van der Waals surface area contributed by atoms with Crippen LogP contribution in [-0.2, 0) is 4.74 Å². The minimum atomic E-state index is -0.0306. The molecule has 2 saturated carbocycles. The lowest BCUT2D eigenvalue weighted by Gasteiger charge is -2.34. The Labute approximate surface area is 148 Å². The van der Waals surface area contributed by atoms with E-state index in [-0.39, 0.29) is 24.3 Å². The highest BCUT2D eigenvalue weighted by atomic mass is 16.5. The quantitative estimate of drug-likeness (QED) is 0.620. The largest absolute Gasteiger partial charge is 0.394 e. The fraction of sp³-hybridized carbons (Fsp3) is 0.778. The van der Waals surface area contributed by atoms with Crippen LogP contribution in [0, 0.1) is 5.92 Å². The number of aliphatic hydroxyl groups excluding tert-OH is 1. The van der Waals surface area contributed by atoms with Crippen LogP contribution in [0.5, 0.6) is 0 Å². The summed E-state index contributed by atoms with van der Waals surface area (Å²) < 4.78 is 6.34. The predicted molar refractivity (Wildman–Crippen MR) is 94.9 cm³/mol. The molecule has 4 N–H and O–H groups in total. The first kappa shape index (κ1) is 17.1. The predicted octanol–water partition coefficient (Wildman–Crippen LogP) is 1.52. The third kappa shape index (κ3) is 3.79. The topological polar surface area (TPSA) is 91.3 Å². The van der Waals surface area contributed by atoms with Crippen molar-refractivity contribution in [1.29, 1.82) is 0 Å². The first-order valence-corrected chi connectivity index (χ1v) is 9.44. The van der Waals surface area contributed by atoms with Gasteiger partial charge in [0.25, 0.3) is 0 Å². The maximum atomic E-state index is 9.22. The highest BCUT2D eigenvalue weighted by molar-refractivity contribution is 5.37. The molecule has 1 aromatic rings. The van der Waals surface area contributed by atoms with E-state index in [1.807, 2.05) is 13.0 Å². The highest BCUT2D eigenvalue weighted by Crippen LogP contribution is 2.45. The summed E-state index contributed by atoms with van der Waals surface area (Å²) in [6, 6.07) is 2.59. The lowest BCUT2D eigenvalue weighted by atomic mass is 9.79. The van der Waals surface area contributed by atoms with Crippen molar-refractivity contribution in [2.24, 2.45) is 5.92 Å². The minimum Gasteiger partial charge on any atom is -0.394 e. The Morgan fingerprint density at radius 2 is 2.20 bits per heavy atom. The summed E-state index contributed by atoms with van der Waals surface area (Å²) in [5.41, 5.74) is 8.01. The maximum absolute atomic E-state index is 9.22. The Kier molecular flexibility index (Phi) is 4.66. The van der Waals surface area contributed by atoms with E-state index < -0.39 is 0 Å². The van der Waals surface area contributed by atoms with Crippen molar-refractivity contribution in [1.82, 2.24) is 20.8 Å². The average molecular weight is 347 g/mol. The van der Waals surface area contributed by atoms with Gasteiger partial charge in [0.05, 0.1) is 30.0 Å². The van der Waals surface area contributed by atoms with Crippen LogP contribution >= 0.6 is 0 Å². The zero-order valence-corrected chi connectivity index (χ0v) is 15.0. The molecule has 3 aliphatic rings. The van der Waals surface area contributed by atoms with Crippen LogP contribution < -0.4 is 16.2 Å². The molecule has 1 aliphatic heterocycles. The van der Waals surface area contributed by atoms with Gasteiger partial charge < -0.3 is 15.2 Å². The van der Waals surface area contributed by atoms with Crippen LogP contribution in [-0.4, -0.2) is 45.5 Å². The fourth-order valence-electron chi connectivity index (χ4n) is 4.03. The summed E-state index contributed by atoms with van der Waals surface area (Å²) in [5.74, 6) is 1.23. The van der Waals surface area contributed by atoms with E-state index >= 15 is 0 Å². The summed E-state index contributed by atoms with van der Waals surface area (Å²) in [6.45, 7) is 4.23. The monoisotopic (exact) mass is 347 g/mol. The van der Waals surface area contributed by atoms with E-state index in [9.17, 15) is 5.11 Å². The smallest absolute Gasteiger partial charge is 0.129 e. The zero-order valence-electron chi connectivity index (χ0n) is 15.0. The number of hydrazine groups is 1. The standard InChI is InChI=1S/C18H29N5O2/c1-11(9-24)21-16-8-15(19-10-20-16)17-13-7-12(25-18(2)5-6-18)3-4-14(13)22-23-17/h8,10-14,17,22-24H,3-7,9H2,1-2H3,(H,19,20,21)/t11-,12?,13?,14?,17?/m0/s1. The molecule has 7 nitrogen and oxygen atoms in total. The van der Waals surface area contributed by atoms with E-state index in [0.717, 1.165) is 30.8 Å². The summed E-state index contributed by atoms with van der Waals surface area (Å²) >= 11 is 0. The molecule has 4 unspecified atom stereocenters. The average Bonchev–Trinajstić information content (AvgIpc) is 3.18. The Bertz CT molecular complexity index is 609. The summed E-state index contributed by atoms with van der Waals surface area (Å²) in [4.78, 5) is 8.77. The van der Waals surface area contributed by atoms with Gasteiger partial charge in [-0.05, 0) is 46.0 Å². The minimum absolute atomic E-state index is 0.0306. The van der Waals surface area contributed by atoms with Gasteiger partial charge in [0.2, 0.25) is 0 Å². The van der Waals surface area contributed by atoms with Crippen LogP contribution in [0.15, 0.2) is 12.4 Å². The third-order valence-electron chi connectivity index (χ3n) is 5.78. The molecule has 1 aromatic heterocycles. The molecule has 4 rings (SSSR count). The lowest BCUT2D eigenvalue weighted by molar-refractivity contribution is -0.0500. The van der Waals surface area contributed by atoms with Gasteiger partial charge in [-0.15, -0.1) is 0 Å². The van der Waals surface area contributed by atoms with Crippen molar-refractivity contribution in [2.75, 3.05) is 11.9 Å². The Morgan fingerprint density at radius 1 is 1.36 bits per heavy atom. The third-order valence-corrected chi connectivity index (χ3v) is 5.78. The van der Waals surface area contributed by atoms with Gasteiger partial charge in [-0.1, -0.05) is 0 Å². The fourth-order valence-corrected chi connectivity index (χ4v) is 4.03. The van der Waals surface area contributed by atoms with Crippen LogP contribution in [0.3, 0.4) is 0 Å². The van der Waals surface area contributed by atoms with Crippen LogP contribution in [0.1, 0.15) is 57.7 Å². The lowest BCUT2D eigenvalue weighted by Crippen LogP contribution is -2.38. The molecule has 0 aromatic carbocycles. The molecule has 2 aliphatic carbocycles. The first-order valence-electron chi connectivity index (χ1n) is 9.44. The molecule has 2 heterocycles. The second-order valence-electron chi connectivity index (χ2n) is 8.10. The Balaban J connectivity index is 1.45. The van der Waals surface area contributed by atoms with E-state index in [1.165, 1.54) is 12.8 Å². The number of aromatic nitrogens is 2. The Morgan fingerprint density at radius 3 is 2.96 bits per heavy atom. The van der Waals surface area contributed by atoms with Crippen LogP contribution in [0.4, 0.5) is 5.82 Å². The van der Waals surface area contributed by atoms with E-state index in [0.29, 0.717) is 18.1 Å². The molecular weight excluding hydrogens is 318 g/mol. The van der Waals surface area contributed by atoms with Gasteiger partial charge in [-0.2, -0.15) is 0 Å². The molecule has 0 bridgehead atoms. The number of ether oxygens (including phenoxy) is 1. The second-order valence-corrected chi connectivity index (χ2v) is 8.10. The van der Waals surface area contributed by atoms with Crippen molar-refractivity contribution < 1.29 is 9.84 Å². The molecule has 138 valence electrons. The van der Waals surface area contributed by atoms with Crippen LogP contribution in [0.2, 0.25) is 0 Å². The van der Waals surface area contributed by atoms with Gasteiger partial charge in [0.1, 0.15) is 12.1 Å². The molecule has 0 amide bonds. The SMILES string of the molecule is C[C@@H](CO)Nc1cc(C2NNC3CCC(OC4(C)CC4)CC32)ncn1. The number of hydrogen-bond donors (Lipinski definition) is 4. The van der Waals surface area contributed by atoms with Crippen molar-refractivity contribution in [3.05, 3.63) is 18.1 Å². The van der Waals surface area contributed by atoms with Gasteiger partial charge in [0.15, 0.2) is 0 Å². The van der Waals surface area contributed by atoms with Gasteiger partial charge >= 0.3 is 0 Å². The van der Waals surface area contributed by atoms with E-state index in [1.54, 1.807) is 6.33 Å². The van der Waals surface area contributed by atoms with Crippen molar-refractivity contribution in [2.45, 2.75) is 75.8 Å². The number of hydrogen-bond acceptors (Lipinski definition) is 7. The van der Waals surface area contributed by atoms with Crippen molar-refractivity contribution >= 4 is 5.82 Å². The molecule has 25 heavy (non-hydrogen) atoms. The van der Waals surface area contributed by atoms with Crippen molar-refractivity contribution in [3.8, 4) is 0 Å². The van der Waals surface area contributed by atoms with E-state index in [2.05, 4.69) is 33.1 Å². The molecule has 5 atom stereocenters. The summed E-state index contributed by atoms with van der Waals surface area (Å²) in [6.07, 6.45) is 7.66. The zero-order chi connectivity index (χ0) is 17.4. The molecule has 1 saturated heterocycles. The second kappa shape index (κ2) is 6.79. The molecule has 0 radical (unpaired) electrons. The van der Waals surface area contributed by atoms with E-state index in [4.69, 9.17) is 4.74 Å². The summed E-state index contributed by atoms with van der Waals surface area (Å²) in [5, 5.41) is 12.4. The number of rotatable bonds is 6. The Hall–Kier alpha value is -1.28. The summed E-state index contributed by atoms with van der Waals surface area (Å²) in [7, 11) is 0. The van der Waals surface area contributed by atoms with Gasteiger partial charge in [-0.3, -0.25) is 5.43 Å². The molecular formula is C18H29N5O2. The van der Waals surface area contributed by atoms with Gasteiger partial charge in [0, 0.05) is 24.1 Å². The number of aliphatic hydroxyl groups is 1. The number of nitrogens with zero attached hydrogens (tertiary/aromatic N) is 2. The maximum Gasteiger partial charge on any atom is 0.129 e. The van der Waals surface area contributed by atoms with Gasteiger partial charge in [-0.25, -0.2) is 15.4 Å². The molecule has 0 spiro atoms. The van der Waals surface area contributed by atoms with Crippen LogP contribution in [0.25, 0.3) is 0 Å². The number of nitrogens with one attached hydrogen (secondary N) is 3. The number of anilines is 1. The van der Waals surface area contributed by atoms with Crippen molar-refractivity contribution in [3.63, 3.8) is 0 Å². The normalized spacial score (nSPS) is 34.4. The molecule has 3 fully saturated rings. The molecule has 7 heteroatoms. The number of fused-ring (bicyclic) bond motifs is 1. The first-order chi connectivity index (χ1) is 12.1.